The van der Waals surface area contributed by atoms with Crippen molar-refractivity contribution in [2.45, 2.75) is 15.5 Å². The third-order valence-electron chi connectivity index (χ3n) is 4.49. The molecule has 0 aliphatic rings. The van der Waals surface area contributed by atoms with Gasteiger partial charge in [0.05, 0.1) is 26.9 Å². The summed E-state index contributed by atoms with van der Waals surface area (Å²) in [5.74, 6) is -0.211. The van der Waals surface area contributed by atoms with E-state index in [1.54, 1.807) is 12.1 Å². The quantitative estimate of drug-likeness (QED) is 0.259. The van der Waals surface area contributed by atoms with E-state index >= 15 is 0 Å². The van der Waals surface area contributed by atoms with Crippen LogP contribution in [-0.4, -0.2) is 23.2 Å². The van der Waals surface area contributed by atoms with Gasteiger partial charge in [-0.05, 0) is 66.7 Å². The minimum absolute atomic E-state index is 0.107. The van der Waals surface area contributed by atoms with E-state index in [0.717, 1.165) is 35.6 Å². The minimum atomic E-state index is -4.94. The van der Waals surface area contributed by atoms with Crippen LogP contribution in [0.1, 0.15) is 0 Å². The zero-order valence-corrected chi connectivity index (χ0v) is 20.8. The maximum Gasteiger partial charge on any atom is 0.573 e. The lowest BCUT2D eigenvalue weighted by molar-refractivity contribution is -0.274. The van der Waals surface area contributed by atoms with E-state index in [1.807, 2.05) is 0 Å². The number of rotatable bonds is 8. The van der Waals surface area contributed by atoms with Crippen LogP contribution in [0.3, 0.4) is 0 Å². The fourth-order valence-corrected chi connectivity index (χ4v) is 6.61. The molecular formula is C21H14ClF3N2O6S3. The number of nitrogens with one attached hydrogen (secondary N) is 2. The second-order valence-electron chi connectivity index (χ2n) is 7.03. The van der Waals surface area contributed by atoms with Gasteiger partial charge in [-0.1, -0.05) is 11.6 Å². The van der Waals surface area contributed by atoms with Crippen molar-refractivity contribution >= 4 is 54.4 Å². The number of hydrogen-bond donors (Lipinski definition) is 2. The molecule has 0 unspecified atom stereocenters. The Bertz CT molecular complexity index is 1580. The largest absolute Gasteiger partial charge is 0.573 e. The van der Waals surface area contributed by atoms with Crippen LogP contribution in [0.25, 0.3) is 11.3 Å². The molecule has 4 rings (SSSR count). The summed E-state index contributed by atoms with van der Waals surface area (Å²) >= 11 is 6.65. The summed E-state index contributed by atoms with van der Waals surface area (Å²) in [4.78, 5) is -0.383. The van der Waals surface area contributed by atoms with E-state index in [0.29, 0.717) is 11.3 Å². The van der Waals surface area contributed by atoms with Crippen molar-refractivity contribution in [3.63, 3.8) is 0 Å². The molecule has 4 aromatic rings. The number of hydrogen-bond acceptors (Lipinski definition) is 7. The summed E-state index contributed by atoms with van der Waals surface area (Å²) in [7, 11) is -8.49. The molecule has 0 amide bonds. The first-order chi connectivity index (χ1) is 16.8. The molecule has 0 atom stereocenters. The first kappa shape index (κ1) is 25.9. The molecular weight excluding hydrogens is 565 g/mol. The highest BCUT2D eigenvalue weighted by atomic mass is 35.5. The van der Waals surface area contributed by atoms with Crippen molar-refractivity contribution in [3.05, 3.63) is 77.3 Å². The molecule has 15 heteroatoms. The predicted molar refractivity (Wildman–Crippen MR) is 128 cm³/mol. The molecule has 0 fully saturated rings. The van der Waals surface area contributed by atoms with E-state index in [2.05, 4.69) is 14.2 Å². The molecule has 0 radical (unpaired) electrons. The third-order valence-corrected chi connectivity index (χ3v) is 8.96. The highest BCUT2D eigenvalue weighted by Gasteiger charge is 2.31. The monoisotopic (exact) mass is 578 g/mol. The Morgan fingerprint density at radius 3 is 2.14 bits per heavy atom. The Balaban J connectivity index is 1.68. The van der Waals surface area contributed by atoms with Gasteiger partial charge in [-0.2, -0.15) is 0 Å². The summed E-state index contributed by atoms with van der Waals surface area (Å²) in [6, 6.07) is 13.6. The van der Waals surface area contributed by atoms with Crippen molar-refractivity contribution in [1.29, 1.82) is 0 Å². The van der Waals surface area contributed by atoms with Crippen LogP contribution >= 0.6 is 22.9 Å². The van der Waals surface area contributed by atoms with Crippen LogP contribution in [-0.2, 0) is 20.0 Å². The number of furan rings is 1. The second-order valence-corrected chi connectivity index (χ2v) is 12.3. The number of benzene rings is 2. The van der Waals surface area contributed by atoms with Crippen LogP contribution in [0.5, 0.6) is 5.75 Å². The van der Waals surface area contributed by atoms with Gasteiger partial charge < -0.3 is 9.15 Å². The van der Waals surface area contributed by atoms with Gasteiger partial charge in [0, 0.05) is 5.56 Å². The highest BCUT2D eigenvalue weighted by Crippen LogP contribution is 2.34. The Morgan fingerprint density at radius 2 is 1.56 bits per heavy atom. The summed E-state index contributed by atoms with van der Waals surface area (Å²) in [6.07, 6.45) is -3.52. The molecule has 2 heterocycles. The number of alkyl halides is 3. The standard InChI is InChI=1S/C21H14ClF3N2O6S3/c22-19-9-10-20(34-19)36(30,31)27-17-12-13(18-2-1-11-32-18)3-8-16(17)26-35(28,29)15-6-4-14(5-7-15)33-21(23,24)25/h1-12,26-27H. The molecule has 0 saturated heterocycles. The molecule has 0 saturated carbocycles. The first-order valence-electron chi connectivity index (χ1n) is 9.67. The zero-order chi connectivity index (χ0) is 26.1. The Hall–Kier alpha value is -3.20. The summed E-state index contributed by atoms with van der Waals surface area (Å²) in [6.45, 7) is 0. The Labute approximate surface area is 212 Å². The smallest absolute Gasteiger partial charge is 0.464 e. The van der Waals surface area contributed by atoms with Crippen LogP contribution in [0, 0.1) is 0 Å². The summed E-state index contributed by atoms with van der Waals surface area (Å²) in [5.41, 5.74) is 0.166. The number of ether oxygens (including phenoxy) is 1. The summed E-state index contributed by atoms with van der Waals surface area (Å²) in [5, 5.41) is 0. The van der Waals surface area contributed by atoms with Gasteiger partial charge in [0.25, 0.3) is 20.0 Å². The maximum absolute atomic E-state index is 12.9. The van der Waals surface area contributed by atoms with Gasteiger partial charge in [-0.3, -0.25) is 9.44 Å². The lowest BCUT2D eigenvalue weighted by atomic mass is 10.1. The minimum Gasteiger partial charge on any atom is -0.464 e. The van der Waals surface area contributed by atoms with Gasteiger partial charge in [0.2, 0.25) is 0 Å². The lowest BCUT2D eigenvalue weighted by Crippen LogP contribution is -2.18. The highest BCUT2D eigenvalue weighted by molar-refractivity contribution is 7.94. The van der Waals surface area contributed by atoms with Crippen LogP contribution in [0.2, 0.25) is 4.34 Å². The molecule has 36 heavy (non-hydrogen) atoms. The van der Waals surface area contributed by atoms with E-state index in [9.17, 15) is 30.0 Å². The first-order valence-corrected chi connectivity index (χ1v) is 13.8. The van der Waals surface area contributed by atoms with Crippen LogP contribution < -0.4 is 14.2 Å². The van der Waals surface area contributed by atoms with E-state index in [1.165, 1.54) is 36.6 Å². The molecule has 2 aromatic carbocycles. The van der Waals surface area contributed by atoms with Crippen molar-refractivity contribution in [3.8, 4) is 17.1 Å². The van der Waals surface area contributed by atoms with Gasteiger partial charge in [-0.25, -0.2) is 16.8 Å². The van der Waals surface area contributed by atoms with Gasteiger partial charge >= 0.3 is 6.36 Å². The van der Waals surface area contributed by atoms with Gasteiger partial charge in [0.1, 0.15) is 15.7 Å². The zero-order valence-electron chi connectivity index (χ0n) is 17.6. The van der Waals surface area contributed by atoms with E-state index in [-0.39, 0.29) is 24.8 Å². The average Bonchev–Trinajstić information content (AvgIpc) is 3.46. The lowest BCUT2D eigenvalue weighted by Gasteiger charge is -2.16. The SMILES string of the molecule is O=S(=O)(Nc1ccc(-c2ccco2)cc1NS(=O)(=O)c1ccc(Cl)s1)c1ccc(OC(F)(F)F)cc1. The van der Waals surface area contributed by atoms with Crippen LogP contribution in [0.4, 0.5) is 24.5 Å². The molecule has 2 aromatic heterocycles. The molecule has 8 nitrogen and oxygen atoms in total. The Morgan fingerprint density at radius 1 is 0.861 bits per heavy atom. The van der Waals surface area contributed by atoms with Crippen molar-refractivity contribution in [1.82, 2.24) is 0 Å². The number of halogens is 4. The molecule has 2 N–H and O–H groups in total. The van der Waals surface area contributed by atoms with Crippen molar-refractivity contribution in [2.24, 2.45) is 0 Å². The van der Waals surface area contributed by atoms with Crippen molar-refractivity contribution in [2.75, 3.05) is 9.44 Å². The molecule has 0 aliphatic carbocycles. The predicted octanol–water partition coefficient (Wildman–Crippen LogP) is 6.16. The fourth-order valence-electron chi connectivity index (χ4n) is 2.98. The van der Waals surface area contributed by atoms with Crippen molar-refractivity contribution < 1.29 is 39.2 Å². The molecule has 190 valence electrons. The molecule has 0 bridgehead atoms. The maximum atomic E-state index is 12.9. The summed E-state index contributed by atoms with van der Waals surface area (Å²) < 4.78 is 103. The molecule has 0 spiro atoms. The van der Waals surface area contributed by atoms with E-state index in [4.69, 9.17) is 16.0 Å². The molecule has 0 aliphatic heterocycles. The number of anilines is 2. The Kier molecular flexibility index (Phi) is 6.96. The van der Waals surface area contributed by atoms with E-state index < -0.39 is 32.2 Å². The number of thiophene rings is 1. The average molecular weight is 579 g/mol. The third kappa shape index (κ3) is 6.13. The van der Waals surface area contributed by atoms with Crippen LogP contribution in [0.15, 0.2) is 86.5 Å². The second kappa shape index (κ2) is 9.69. The fraction of sp³-hybridized carbons (Fsp3) is 0.0476. The normalized spacial score (nSPS) is 12.3. The van der Waals surface area contributed by atoms with Gasteiger partial charge in [-0.15, -0.1) is 24.5 Å². The van der Waals surface area contributed by atoms with Gasteiger partial charge in [0.15, 0.2) is 0 Å². The topological polar surface area (TPSA) is 115 Å². The number of sulfonamides is 2.